The molecule has 0 radical (unpaired) electrons. The molecule has 2 amide bonds. The number of para-hydroxylation sites is 2. The molecule has 0 bridgehead atoms. The summed E-state index contributed by atoms with van der Waals surface area (Å²) in [5.41, 5.74) is 4.23. The molecule has 1 aliphatic heterocycles. The third kappa shape index (κ3) is 4.27. The van der Waals surface area contributed by atoms with Gasteiger partial charge in [0.25, 0.3) is 11.8 Å². The van der Waals surface area contributed by atoms with Gasteiger partial charge in [0.2, 0.25) is 0 Å². The molecule has 0 aromatic heterocycles. The maximum absolute atomic E-state index is 13.7. The monoisotopic (exact) mass is 456 g/mol. The summed E-state index contributed by atoms with van der Waals surface area (Å²) >= 11 is 0. The standard InChI is InChI=1S/C28H28N2O4/c1-5-33-21-16-14-20(15-17-21)25-26(29-22-11-7-8-13-24(22)34-6-2)28(32)30(27(25)31)23-12-9-10-18(3)19(23)4/h7-17,29H,5-6H2,1-4H3. The maximum atomic E-state index is 13.7. The zero-order chi connectivity index (χ0) is 24.2. The Hall–Kier alpha value is -4.06. The lowest BCUT2D eigenvalue weighted by Crippen LogP contribution is -2.33. The van der Waals surface area contributed by atoms with Crippen molar-refractivity contribution in [1.82, 2.24) is 0 Å². The fraction of sp³-hybridized carbons (Fsp3) is 0.214. The summed E-state index contributed by atoms with van der Waals surface area (Å²) in [5, 5.41) is 3.21. The molecule has 0 saturated carbocycles. The topological polar surface area (TPSA) is 67.9 Å². The van der Waals surface area contributed by atoms with Gasteiger partial charge in [-0.15, -0.1) is 0 Å². The number of nitrogens with one attached hydrogen (secondary N) is 1. The minimum atomic E-state index is -0.408. The van der Waals surface area contributed by atoms with Crippen LogP contribution in [0.25, 0.3) is 5.57 Å². The zero-order valence-electron chi connectivity index (χ0n) is 19.8. The van der Waals surface area contributed by atoms with Gasteiger partial charge in [-0.2, -0.15) is 0 Å². The van der Waals surface area contributed by atoms with E-state index in [1.807, 2.05) is 64.1 Å². The first-order valence-corrected chi connectivity index (χ1v) is 11.4. The summed E-state index contributed by atoms with van der Waals surface area (Å²) in [7, 11) is 0. The van der Waals surface area contributed by atoms with Crippen molar-refractivity contribution in [2.45, 2.75) is 27.7 Å². The highest BCUT2D eigenvalue weighted by Gasteiger charge is 2.41. The number of carbonyl (C=O) groups is 2. The number of aryl methyl sites for hydroxylation is 1. The minimum absolute atomic E-state index is 0.210. The van der Waals surface area contributed by atoms with E-state index in [1.165, 1.54) is 4.90 Å². The van der Waals surface area contributed by atoms with Crippen LogP contribution in [0.15, 0.2) is 72.4 Å². The molecule has 6 nitrogen and oxygen atoms in total. The first-order chi connectivity index (χ1) is 16.5. The molecular weight excluding hydrogens is 428 g/mol. The summed E-state index contributed by atoms with van der Waals surface area (Å²) in [6.45, 7) is 8.70. The smallest absolute Gasteiger partial charge is 0.282 e. The van der Waals surface area contributed by atoms with Crippen molar-refractivity contribution >= 4 is 28.8 Å². The van der Waals surface area contributed by atoms with E-state index in [0.29, 0.717) is 47.2 Å². The molecule has 0 saturated heterocycles. The van der Waals surface area contributed by atoms with Gasteiger partial charge in [-0.3, -0.25) is 9.59 Å². The van der Waals surface area contributed by atoms with E-state index < -0.39 is 5.91 Å². The van der Waals surface area contributed by atoms with Crippen molar-refractivity contribution in [2.75, 3.05) is 23.4 Å². The first kappa shape index (κ1) is 23.1. The number of benzene rings is 3. The fourth-order valence-electron chi connectivity index (χ4n) is 3.98. The number of anilines is 2. The van der Waals surface area contributed by atoms with E-state index in [4.69, 9.17) is 9.47 Å². The quantitative estimate of drug-likeness (QED) is 0.454. The number of nitrogens with zero attached hydrogens (tertiary/aromatic N) is 1. The Morgan fingerprint density at radius 2 is 1.50 bits per heavy atom. The van der Waals surface area contributed by atoms with Crippen LogP contribution in [0.3, 0.4) is 0 Å². The molecule has 3 aromatic carbocycles. The first-order valence-electron chi connectivity index (χ1n) is 11.4. The van der Waals surface area contributed by atoms with Crippen LogP contribution < -0.4 is 19.7 Å². The lowest BCUT2D eigenvalue weighted by atomic mass is 10.0. The predicted molar refractivity (Wildman–Crippen MR) is 134 cm³/mol. The summed E-state index contributed by atoms with van der Waals surface area (Å²) in [6, 6.07) is 20.2. The molecule has 4 rings (SSSR count). The molecule has 174 valence electrons. The van der Waals surface area contributed by atoms with Gasteiger partial charge < -0.3 is 14.8 Å². The van der Waals surface area contributed by atoms with Gasteiger partial charge in [0.05, 0.1) is 30.2 Å². The second-order valence-corrected chi connectivity index (χ2v) is 7.93. The van der Waals surface area contributed by atoms with E-state index in [-0.39, 0.29) is 11.6 Å². The Kier molecular flexibility index (Phi) is 6.68. The zero-order valence-corrected chi connectivity index (χ0v) is 19.8. The highest BCUT2D eigenvalue weighted by molar-refractivity contribution is 6.46. The third-order valence-corrected chi connectivity index (χ3v) is 5.80. The van der Waals surface area contributed by atoms with Gasteiger partial charge in [-0.05, 0) is 74.7 Å². The van der Waals surface area contributed by atoms with E-state index in [0.717, 1.165) is 11.1 Å². The average molecular weight is 457 g/mol. The molecule has 1 aliphatic rings. The van der Waals surface area contributed by atoms with Crippen molar-refractivity contribution in [3.8, 4) is 11.5 Å². The van der Waals surface area contributed by atoms with Crippen LogP contribution in [0.5, 0.6) is 11.5 Å². The number of ether oxygens (including phenoxy) is 2. The largest absolute Gasteiger partial charge is 0.494 e. The molecule has 1 heterocycles. The van der Waals surface area contributed by atoms with Crippen LogP contribution in [-0.4, -0.2) is 25.0 Å². The highest BCUT2D eigenvalue weighted by Crippen LogP contribution is 2.37. The fourth-order valence-corrected chi connectivity index (χ4v) is 3.98. The number of amides is 2. The van der Waals surface area contributed by atoms with Crippen LogP contribution in [0.1, 0.15) is 30.5 Å². The molecule has 0 atom stereocenters. The molecule has 0 unspecified atom stereocenters. The molecular formula is C28H28N2O4. The van der Waals surface area contributed by atoms with Crippen LogP contribution in [0.2, 0.25) is 0 Å². The number of hydrogen-bond donors (Lipinski definition) is 1. The number of rotatable bonds is 8. The maximum Gasteiger partial charge on any atom is 0.282 e. The Labute approximate surface area is 199 Å². The van der Waals surface area contributed by atoms with E-state index in [2.05, 4.69) is 5.32 Å². The average Bonchev–Trinajstić information content (AvgIpc) is 3.07. The summed E-state index contributed by atoms with van der Waals surface area (Å²) < 4.78 is 11.3. The normalized spacial score (nSPS) is 13.5. The Morgan fingerprint density at radius 3 is 2.21 bits per heavy atom. The van der Waals surface area contributed by atoms with Crippen molar-refractivity contribution in [3.05, 3.63) is 89.1 Å². The third-order valence-electron chi connectivity index (χ3n) is 5.80. The Balaban J connectivity index is 1.83. The van der Waals surface area contributed by atoms with Crippen molar-refractivity contribution in [2.24, 2.45) is 0 Å². The van der Waals surface area contributed by atoms with Gasteiger partial charge in [0.1, 0.15) is 17.2 Å². The molecule has 0 aliphatic carbocycles. The van der Waals surface area contributed by atoms with Crippen LogP contribution in [0, 0.1) is 13.8 Å². The van der Waals surface area contributed by atoms with Crippen LogP contribution >= 0.6 is 0 Å². The number of imide groups is 1. The van der Waals surface area contributed by atoms with Gasteiger partial charge in [0, 0.05) is 0 Å². The summed E-state index contributed by atoms with van der Waals surface area (Å²) in [4.78, 5) is 28.7. The summed E-state index contributed by atoms with van der Waals surface area (Å²) in [5.74, 6) is 0.522. The number of carbonyl (C=O) groups excluding carboxylic acids is 2. The molecule has 6 heteroatoms. The Bertz CT molecular complexity index is 1260. The van der Waals surface area contributed by atoms with Crippen molar-refractivity contribution in [1.29, 1.82) is 0 Å². The lowest BCUT2D eigenvalue weighted by molar-refractivity contribution is -0.120. The van der Waals surface area contributed by atoms with E-state index in [1.54, 1.807) is 30.3 Å². The molecule has 3 aromatic rings. The highest BCUT2D eigenvalue weighted by atomic mass is 16.5. The van der Waals surface area contributed by atoms with Crippen molar-refractivity contribution in [3.63, 3.8) is 0 Å². The van der Waals surface area contributed by atoms with E-state index >= 15 is 0 Å². The molecule has 0 spiro atoms. The summed E-state index contributed by atoms with van der Waals surface area (Å²) in [6.07, 6.45) is 0. The molecule has 0 fully saturated rings. The molecule has 34 heavy (non-hydrogen) atoms. The predicted octanol–water partition coefficient (Wildman–Crippen LogP) is 5.50. The SMILES string of the molecule is CCOc1ccc(C2=C(Nc3ccccc3OCC)C(=O)N(c3cccc(C)c3C)C2=O)cc1. The number of hydrogen-bond acceptors (Lipinski definition) is 5. The van der Waals surface area contributed by atoms with Gasteiger partial charge >= 0.3 is 0 Å². The minimum Gasteiger partial charge on any atom is -0.494 e. The second-order valence-electron chi connectivity index (χ2n) is 7.93. The van der Waals surface area contributed by atoms with E-state index in [9.17, 15) is 9.59 Å². The lowest BCUT2D eigenvalue weighted by Gasteiger charge is -2.19. The van der Waals surface area contributed by atoms with Gasteiger partial charge in [-0.1, -0.05) is 36.4 Å². The Morgan fingerprint density at radius 1 is 0.794 bits per heavy atom. The molecule has 1 N–H and O–H groups in total. The van der Waals surface area contributed by atoms with Gasteiger partial charge in [0.15, 0.2) is 0 Å². The second kappa shape index (κ2) is 9.83. The van der Waals surface area contributed by atoms with Gasteiger partial charge in [-0.25, -0.2) is 4.90 Å². The van der Waals surface area contributed by atoms with Crippen LogP contribution in [-0.2, 0) is 9.59 Å². The van der Waals surface area contributed by atoms with Crippen molar-refractivity contribution < 1.29 is 19.1 Å². The van der Waals surface area contributed by atoms with Crippen LogP contribution in [0.4, 0.5) is 11.4 Å².